The Morgan fingerprint density at radius 3 is 2.71 bits per heavy atom. The number of sulfonamides is 1. The minimum Gasteiger partial charge on any atom is -0.392 e. The number of hydrogen-bond acceptors (Lipinski definition) is 4. The standard InChI is InChI=1S/C14H19N3O3S/c1-17-14(5-7-15-17)6-8-16-21(19,20)11-13-4-2-3-12(9-13)10-18/h2-5,7,9,16,18H,6,8,10-11H2,1H3. The average molecular weight is 309 g/mol. The van der Waals surface area contributed by atoms with Gasteiger partial charge in [-0.2, -0.15) is 5.10 Å². The molecule has 2 N–H and O–H groups in total. The molecule has 0 aliphatic carbocycles. The van der Waals surface area contributed by atoms with Gasteiger partial charge in [-0.25, -0.2) is 13.1 Å². The molecule has 2 rings (SSSR count). The van der Waals surface area contributed by atoms with E-state index in [9.17, 15) is 8.42 Å². The van der Waals surface area contributed by atoms with Gasteiger partial charge in [0.1, 0.15) is 0 Å². The smallest absolute Gasteiger partial charge is 0.215 e. The van der Waals surface area contributed by atoms with Crippen molar-refractivity contribution < 1.29 is 13.5 Å². The third-order valence-corrected chi connectivity index (χ3v) is 4.51. The first-order valence-electron chi connectivity index (χ1n) is 6.63. The molecule has 0 saturated heterocycles. The lowest BCUT2D eigenvalue weighted by Crippen LogP contribution is -2.27. The van der Waals surface area contributed by atoms with Gasteiger partial charge < -0.3 is 5.11 Å². The van der Waals surface area contributed by atoms with Gasteiger partial charge in [-0.1, -0.05) is 24.3 Å². The van der Waals surface area contributed by atoms with Crippen LogP contribution in [0.15, 0.2) is 36.5 Å². The van der Waals surface area contributed by atoms with Crippen molar-refractivity contribution in [2.24, 2.45) is 7.05 Å². The van der Waals surface area contributed by atoms with E-state index in [1.807, 2.05) is 13.1 Å². The molecular formula is C14H19N3O3S. The maximum atomic E-state index is 12.0. The Morgan fingerprint density at radius 1 is 1.29 bits per heavy atom. The van der Waals surface area contributed by atoms with E-state index < -0.39 is 10.0 Å². The molecule has 1 heterocycles. The fourth-order valence-corrected chi connectivity index (χ4v) is 3.20. The van der Waals surface area contributed by atoms with Gasteiger partial charge in [0.2, 0.25) is 10.0 Å². The lowest BCUT2D eigenvalue weighted by atomic mass is 10.1. The molecule has 7 heteroatoms. The Bertz CT molecular complexity index is 695. The van der Waals surface area contributed by atoms with Gasteiger partial charge in [-0.15, -0.1) is 0 Å². The number of aromatic nitrogens is 2. The first kappa shape index (κ1) is 15.7. The molecule has 21 heavy (non-hydrogen) atoms. The Labute approximate surface area is 124 Å². The number of aliphatic hydroxyl groups excluding tert-OH is 1. The Hall–Kier alpha value is -1.70. The van der Waals surface area contributed by atoms with Crippen molar-refractivity contribution in [2.45, 2.75) is 18.8 Å². The molecule has 1 aromatic carbocycles. The van der Waals surface area contributed by atoms with Crippen LogP contribution >= 0.6 is 0 Å². The molecule has 2 aromatic rings. The highest BCUT2D eigenvalue weighted by Gasteiger charge is 2.11. The number of benzene rings is 1. The first-order valence-corrected chi connectivity index (χ1v) is 8.28. The Balaban J connectivity index is 1.91. The van der Waals surface area contributed by atoms with E-state index >= 15 is 0 Å². The lowest BCUT2D eigenvalue weighted by Gasteiger charge is -2.08. The summed E-state index contributed by atoms with van der Waals surface area (Å²) < 4.78 is 28.3. The monoisotopic (exact) mass is 309 g/mol. The van der Waals surface area contributed by atoms with E-state index in [-0.39, 0.29) is 12.4 Å². The van der Waals surface area contributed by atoms with Crippen molar-refractivity contribution >= 4 is 10.0 Å². The molecule has 114 valence electrons. The maximum absolute atomic E-state index is 12.0. The second-order valence-corrected chi connectivity index (χ2v) is 6.63. The zero-order valence-electron chi connectivity index (χ0n) is 11.9. The summed E-state index contributed by atoms with van der Waals surface area (Å²) in [5.41, 5.74) is 2.34. The molecular weight excluding hydrogens is 290 g/mol. The minimum atomic E-state index is -3.39. The van der Waals surface area contributed by atoms with Crippen molar-refractivity contribution in [1.29, 1.82) is 0 Å². The van der Waals surface area contributed by atoms with Gasteiger partial charge in [0, 0.05) is 31.9 Å². The van der Waals surface area contributed by atoms with Crippen molar-refractivity contribution in [3.63, 3.8) is 0 Å². The number of nitrogens with zero attached hydrogens (tertiary/aromatic N) is 2. The van der Waals surface area contributed by atoms with E-state index in [4.69, 9.17) is 5.11 Å². The van der Waals surface area contributed by atoms with Crippen LogP contribution in [0.1, 0.15) is 16.8 Å². The number of rotatable bonds is 7. The van der Waals surface area contributed by atoms with E-state index in [0.717, 1.165) is 5.69 Å². The third-order valence-electron chi connectivity index (χ3n) is 3.16. The summed E-state index contributed by atoms with van der Waals surface area (Å²) in [4.78, 5) is 0. The molecule has 6 nitrogen and oxygen atoms in total. The normalized spacial score (nSPS) is 11.7. The predicted octanol–water partition coefficient (Wildman–Crippen LogP) is 0.574. The number of hydrogen-bond donors (Lipinski definition) is 2. The highest BCUT2D eigenvalue weighted by molar-refractivity contribution is 7.88. The van der Waals surface area contributed by atoms with E-state index in [1.54, 1.807) is 35.1 Å². The molecule has 0 atom stereocenters. The van der Waals surface area contributed by atoms with Crippen LogP contribution in [0.2, 0.25) is 0 Å². The molecule has 0 radical (unpaired) electrons. The van der Waals surface area contributed by atoms with Crippen LogP contribution in [-0.4, -0.2) is 29.8 Å². The van der Waals surface area contributed by atoms with Crippen LogP contribution in [0.5, 0.6) is 0 Å². The highest BCUT2D eigenvalue weighted by Crippen LogP contribution is 2.09. The Morgan fingerprint density at radius 2 is 2.05 bits per heavy atom. The molecule has 1 aromatic heterocycles. The summed E-state index contributed by atoms with van der Waals surface area (Å²) in [5.74, 6) is -0.0910. The first-order chi connectivity index (χ1) is 10.00. The zero-order valence-corrected chi connectivity index (χ0v) is 12.7. The van der Waals surface area contributed by atoms with Gasteiger partial charge in [-0.3, -0.25) is 4.68 Å². The summed E-state index contributed by atoms with van der Waals surface area (Å²) in [5, 5.41) is 13.1. The topological polar surface area (TPSA) is 84.2 Å². The molecule has 0 unspecified atom stereocenters. The van der Waals surface area contributed by atoms with Gasteiger partial charge >= 0.3 is 0 Å². The summed E-state index contributed by atoms with van der Waals surface area (Å²) in [6.45, 7) is 0.239. The van der Waals surface area contributed by atoms with Gasteiger partial charge in [0.15, 0.2) is 0 Å². The zero-order chi connectivity index (χ0) is 15.3. The molecule has 0 fully saturated rings. The summed E-state index contributed by atoms with van der Waals surface area (Å²) in [7, 11) is -1.56. The van der Waals surface area contributed by atoms with Crippen LogP contribution in [-0.2, 0) is 35.9 Å². The summed E-state index contributed by atoms with van der Waals surface area (Å²) >= 11 is 0. The van der Waals surface area contributed by atoms with Crippen LogP contribution in [0.3, 0.4) is 0 Å². The predicted molar refractivity (Wildman–Crippen MR) is 79.9 cm³/mol. The SMILES string of the molecule is Cn1nccc1CCNS(=O)(=O)Cc1cccc(CO)c1. The van der Waals surface area contributed by atoms with Crippen molar-refractivity contribution in [3.8, 4) is 0 Å². The van der Waals surface area contributed by atoms with Gasteiger partial charge in [0.25, 0.3) is 0 Å². The van der Waals surface area contributed by atoms with Crippen LogP contribution in [0.25, 0.3) is 0 Å². The van der Waals surface area contributed by atoms with Crippen LogP contribution < -0.4 is 4.72 Å². The fraction of sp³-hybridized carbons (Fsp3) is 0.357. The molecule has 0 aliphatic heterocycles. The second-order valence-electron chi connectivity index (χ2n) is 4.83. The van der Waals surface area contributed by atoms with Gasteiger partial charge in [-0.05, 0) is 17.2 Å². The lowest BCUT2D eigenvalue weighted by molar-refractivity contribution is 0.282. The van der Waals surface area contributed by atoms with E-state index in [0.29, 0.717) is 24.1 Å². The number of nitrogens with one attached hydrogen (secondary N) is 1. The number of aryl methyl sites for hydroxylation is 1. The number of aliphatic hydroxyl groups is 1. The van der Waals surface area contributed by atoms with Crippen molar-refractivity contribution in [3.05, 3.63) is 53.3 Å². The maximum Gasteiger partial charge on any atom is 0.215 e. The summed E-state index contributed by atoms with van der Waals surface area (Å²) in [6.07, 6.45) is 2.27. The Kier molecular flexibility index (Phi) is 5.11. The largest absolute Gasteiger partial charge is 0.392 e. The molecule has 0 bridgehead atoms. The fourth-order valence-electron chi connectivity index (χ4n) is 2.07. The third kappa shape index (κ3) is 4.66. The quantitative estimate of drug-likeness (QED) is 0.783. The molecule has 0 amide bonds. The van der Waals surface area contributed by atoms with E-state index in [2.05, 4.69) is 9.82 Å². The van der Waals surface area contributed by atoms with Crippen LogP contribution in [0.4, 0.5) is 0 Å². The second kappa shape index (κ2) is 6.84. The van der Waals surface area contributed by atoms with E-state index in [1.165, 1.54) is 0 Å². The van der Waals surface area contributed by atoms with Crippen molar-refractivity contribution in [1.82, 2.24) is 14.5 Å². The highest BCUT2D eigenvalue weighted by atomic mass is 32.2. The van der Waals surface area contributed by atoms with Crippen LogP contribution in [0, 0.1) is 0 Å². The minimum absolute atomic E-state index is 0.0910. The molecule has 0 spiro atoms. The average Bonchev–Trinajstić information content (AvgIpc) is 2.84. The molecule has 0 aliphatic rings. The summed E-state index contributed by atoms with van der Waals surface area (Å²) in [6, 6.07) is 8.79. The van der Waals surface area contributed by atoms with Gasteiger partial charge in [0.05, 0.1) is 12.4 Å². The molecule has 0 saturated carbocycles. The van der Waals surface area contributed by atoms with Crippen molar-refractivity contribution in [2.75, 3.05) is 6.54 Å².